The fourth-order valence-corrected chi connectivity index (χ4v) is 3.79. The highest BCUT2D eigenvalue weighted by atomic mass is 16.5. The van der Waals surface area contributed by atoms with Gasteiger partial charge in [0.25, 0.3) is 0 Å². The number of allylic oxidation sites excluding steroid dienone is 1. The van der Waals surface area contributed by atoms with Crippen molar-refractivity contribution in [3.8, 4) is 11.1 Å². The van der Waals surface area contributed by atoms with E-state index in [-0.39, 0.29) is 25.4 Å². The van der Waals surface area contributed by atoms with Crippen molar-refractivity contribution in [3.63, 3.8) is 0 Å². The fraction of sp³-hybridized carbons (Fsp3) is 0.261. The Morgan fingerprint density at radius 2 is 1.57 bits per heavy atom. The van der Waals surface area contributed by atoms with Crippen molar-refractivity contribution >= 4 is 18.0 Å². The highest BCUT2D eigenvalue weighted by Gasteiger charge is 2.31. The number of carboxylic acid groups (broad SMARTS) is 2. The van der Waals surface area contributed by atoms with Crippen LogP contribution in [0.25, 0.3) is 11.1 Å². The predicted octanol–water partition coefficient (Wildman–Crippen LogP) is 3.65. The van der Waals surface area contributed by atoms with Crippen molar-refractivity contribution in [3.05, 3.63) is 72.3 Å². The van der Waals surface area contributed by atoms with E-state index in [1.54, 1.807) is 0 Å². The number of carboxylic acids is 2. The monoisotopic (exact) mass is 409 g/mol. The van der Waals surface area contributed by atoms with Crippen LogP contribution in [-0.4, -0.2) is 40.9 Å². The minimum absolute atomic E-state index is 0.0429. The molecule has 0 unspecified atom stereocenters. The molecule has 0 spiro atoms. The molecule has 1 amide bonds. The van der Waals surface area contributed by atoms with Crippen LogP contribution in [0.4, 0.5) is 4.79 Å². The van der Waals surface area contributed by atoms with Gasteiger partial charge in [0.15, 0.2) is 0 Å². The van der Waals surface area contributed by atoms with Crippen LogP contribution < -0.4 is 5.32 Å². The molecule has 0 saturated heterocycles. The molecule has 2 atom stereocenters. The first-order chi connectivity index (χ1) is 14.4. The molecule has 0 heterocycles. The Morgan fingerprint density at radius 3 is 2.07 bits per heavy atom. The molecule has 156 valence electrons. The number of hydrogen-bond donors (Lipinski definition) is 3. The average Bonchev–Trinajstić information content (AvgIpc) is 3.05. The van der Waals surface area contributed by atoms with E-state index >= 15 is 0 Å². The second-order valence-electron chi connectivity index (χ2n) is 7.16. The molecule has 30 heavy (non-hydrogen) atoms. The predicted molar refractivity (Wildman–Crippen MR) is 110 cm³/mol. The topological polar surface area (TPSA) is 113 Å². The molecule has 2 aromatic rings. The second kappa shape index (κ2) is 9.26. The van der Waals surface area contributed by atoms with Crippen LogP contribution in [0.3, 0.4) is 0 Å². The number of rotatable bonds is 9. The summed E-state index contributed by atoms with van der Waals surface area (Å²) in [7, 11) is 0. The number of aliphatic carboxylic acids is 2. The minimum atomic E-state index is -1.37. The quantitative estimate of drug-likeness (QED) is 0.545. The smallest absolute Gasteiger partial charge is 0.407 e. The van der Waals surface area contributed by atoms with Gasteiger partial charge in [0, 0.05) is 5.92 Å². The molecule has 0 aromatic heterocycles. The molecule has 1 aliphatic rings. The lowest BCUT2D eigenvalue weighted by Crippen LogP contribution is -2.43. The summed E-state index contributed by atoms with van der Waals surface area (Å²) in [4.78, 5) is 35.1. The number of amides is 1. The van der Waals surface area contributed by atoms with Crippen LogP contribution >= 0.6 is 0 Å². The van der Waals surface area contributed by atoms with Gasteiger partial charge in [-0.05, 0) is 35.1 Å². The molecule has 0 fully saturated rings. The molecule has 0 bridgehead atoms. The first-order valence-electron chi connectivity index (χ1n) is 9.60. The van der Waals surface area contributed by atoms with Gasteiger partial charge in [-0.1, -0.05) is 54.6 Å². The summed E-state index contributed by atoms with van der Waals surface area (Å²) in [5.74, 6) is -3.58. The van der Waals surface area contributed by atoms with Gasteiger partial charge in [0.2, 0.25) is 0 Å². The van der Waals surface area contributed by atoms with E-state index < -0.39 is 30.0 Å². The lowest BCUT2D eigenvalue weighted by Gasteiger charge is -2.19. The molecule has 1 aliphatic carbocycles. The van der Waals surface area contributed by atoms with E-state index in [4.69, 9.17) is 4.74 Å². The van der Waals surface area contributed by atoms with Crippen LogP contribution in [0.15, 0.2) is 61.2 Å². The van der Waals surface area contributed by atoms with Crippen molar-refractivity contribution < 1.29 is 29.3 Å². The lowest BCUT2D eigenvalue weighted by atomic mass is 9.96. The number of ether oxygens (including phenoxy) is 1. The maximum Gasteiger partial charge on any atom is 0.407 e. The Balaban J connectivity index is 1.67. The van der Waals surface area contributed by atoms with Crippen LogP contribution in [0, 0.1) is 5.92 Å². The summed E-state index contributed by atoms with van der Waals surface area (Å²) in [5, 5.41) is 20.9. The van der Waals surface area contributed by atoms with Crippen molar-refractivity contribution in [2.75, 3.05) is 6.61 Å². The van der Waals surface area contributed by atoms with E-state index in [0.29, 0.717) is 0 Å². The van der Waals surface area contributed by atoms with Gasteiger partial charge in [-0.3, -0.25) is 4.79 Å². The van der Waals surface area contributed by atoms with E-state index in [2.05, 4.69) is 11.9 Å². The van der Waals surface area contributed by atoms with Gasteiger partial charge in [-0.15, -0.1) is 6.58 Å². The van der Waals surface area contributed by atoms with Crippen molar-refractivity contribution in [2.45, 2.75) is 24.8 Å². The van der Waals surface area contributed by atoms with Gasteiger partial charge in [-0.25, -0.2) is 9.59 Å². The first kappa shape index (κ1) is 21.1. The second-order valence-corrected chi connectivity index (χ2v) is 7.16. The van der Waals surface area contributed by atoms with E-state index in [0.717, 1.165) is 22.3 Å². The summed E-state index contributed by atoms with van der Waals surface area (Å²) in [5.41, 5.74) is 4.25. The van der Waals surface area contributed by atoms with Gasteiger partial charge >= 0.3 is 18.0 Å². The highest BCUT2D eigenvalue weighted by molar-refractivity contribution is 5.82. The number of nitrogens with one attached hydrogen (secondary N) is 1. The zero-order valence-electron chi connectivity index (χ0n) is 16.3. The van der Waals surface area contributed by atoms with Crippen molar-refractivity contribution in [2.24, 2.45) is 5.92 Å². The zero-order chi connectivity index (χ0) is 21.7. The molecular weight excluding hydrogens is 386 g/mol. The molecule has 3 rings (SSSR count). The van der Waals surface area contributed by atoms with Crippen LogP contribution in [0.2, 0.25) is 0 Å². The molecule has 2 aromatic carbocycles. The fourth-order valence-electron chi connectivity index (χ4n) is 3.79. The number of alkyl carbamates (subject to hydrolysis) is 1. The number of carbonyl (C=O) groups is 3. The summed E-state index contributed by atoms with van der Waals surface area (Å²) >= 11 is 0. The lowest BCUT2D eigenvalue weighted by molar-refractivity contribution is -0.144. The normalized spacial score (nSPS) is 14.1. The molecule has 7 heteroatoms. The third-order valence-electron chi connectivity index (χ3n) is 5.25. The van der Waals surface area contributed by atoms with E-state index in [9.17, 15) is 24.6 Å². The number of hydrogen-bond acceptors (Lipinski definition) is 4. The average molecular weight is 409 g/mol. The third kappa shape index (κ3) is 4.51. The van der Waals surface area contributed by atoms with Crippen molar-refractivity contribution in [1.29, 1.82) is 0 Å². The third-order valence-corrected chi connectivity index (χ3v) is 5.25. The largest absolute Gasteiger partial charge is 0.481 e. The van der Waals surface area contributed by atoms with Crippen molar-refractivity contribution in [1.82, 2.24) is 5.32 Å². The molecule has 7 nitrogen and oxygen atoms in total. The van der Waals surface area contributed by atoms with Gasteiger partial charge in [0.05, 0.1) is 5.92 Å². The van der Waals surface area contributed by atoms with E-state index in [1.807, 2.05) is 48.5 Å². The zero-order valence-corrected chi connectivity index (χ0v) is 16.3. The Morgan fingerprint density at radius 1 is 1.00 bits per heavy atom. The van der Waals surface area contributed by atoms with Crippen LogP contribution in [-0.2, 0) is 14.3 Å². The van der Waals surface area contributed by atoms with Crippen LogP contribution in [0.5, 0.6) is 0 Å². The SMILES string of the molecule is C=CC[C@H](C[C@H](NC(=O)OCC1c2ccccc2-c2ccccc21)C(=O)O)C(=O)O. The summed E-state index contributed by atoms with van der Waals surface area (Å²) < 4.78 is 5.34. The summed E-state index contributed by atoms with van der Waals surface area (Å²) in [6.07, 6.45) is 0.351. The Bertz CT molecular complexity index is 924. The number of carbonyl (C=O) groups excluding carboxylic acids is 1. The standard InChI is InChI=1S/C23H23NO6/c1-2-7-14(21(25)26)12-20(22(27)28)24-23(29)30-13-19-17-10-5-3-8-15(17)16-9-4-6-11-18(16)19/h2-6,8-11,14,19-20H,1,7,12-13H2,(H,24,29)(H,25,26)(H,27,28)/t14-,20+/m1/s1. The number of benzene rings is 2. The number of fused-ring (bicyclic) bond motifs is 3. The highest BCUT2D eigenvalue weighted by Crippen LogP contribution is 2.44. The Labute approximate surface area is 174 Å². The van der Waals surface area contributed by atoms with Gasteiger partial charge in [0.1, 0.15) is 12.6 Å². The Hall–Kier alpha value is -3.61. The molecule has 0 radical (unpaired) electrons. The summed E-state index contributed by atoms with van der Waals surface area (Å²) in [6, 6.07) is 14.4. The maximum absolute atomic E-state index is 12.3. The molecular formula is C23H23NO6. The first-order valence-corrected chi connectivity index (χ1v) is 9.60. The summed E-state index contributed by atoms with van der Waals surface area (Å²) in [6.45, 7) is 3.53. The minimum Gasteiger partial charge on any atom is -0.481 e. The molecule has 3 N–H and O–H groups in total. The van der Waals surface area contributed by atoms with E-state index in [1.165, 1.54) is 6.08 Å². The molecule has 0 saturated carbocycles. The van der Waals surface area contributed by atoms with Gasteiger partial charge < -0.3 is 20.3 Å². The van der Waals surface area contributed by atoms with Gasteiger partial charge in [-0.2, -0.15) is 0 Å². The molecule has 0 aliphatic heterocycles. The van der Waals surface area contributed by atoms with Crippen LogP contribution in [0.1, 0.15) is 29.9 Å². The maximum atomic E-state index is 12.3. The Kier molecular flexibility index (Phi) is 6.51.